The highest BCUT2D eigenvalue weighted by Gasteiger charge is 2.40. The van der Waals surface area contributed by atoms with Crippen molar-refractivity contribution in [3.8, 4) is 17.2 Å². The smallest absolute Gasteiger partial charge is 0.410 e. The number of hydrogen-bond donors (Lipinski definition) is 0. The molecule has 6 heteroatoms. The zero-order chi connectivity index (χ0) is 23.1. The summed E-state index contributed by atoms with van der Waals surface area (Å²) in [5.74, 6) is 0.0307. The van der Waals surface area contributed by atoms with Crippen LogP contribution < -0.4 is 0 Å². The van der Waals surface area contributed by atoms with E-state index in [-0.39, 0.29) is 24.1 Å². The molecule has 1 aliphatic carbocycles. The molecule has 34 heavy (non-hydrogen) atoms. The second-order valence-corrected chi connectivity index (χ2v) is 8.94. The van der Waals surface area contributed by atoms with Crippen molar-refractivity contribution in [2.24, 2.45) is 0 Å². The maximum atomic E-state index is 13.3. The third kappa shape index (κ3) is 3.46. The van der Waals surface area contributed by atoms with Crippen molar-refractivity contribution in [2.45, 2.75) is 24.4 Å². The molecule has 1 amide bonds. The Labute approximate surface area is 198 Å². The number of rotatable bonds is 3. The summed E-state index contributed by atoms with van der Waals surface area (Å²) in [6.45, 7) is 1.19. The Morgan fingerprint density at radius 3 is 2.53 bits per heavy atom. The number of ether oxygens (including phenoxy) is 2. The van der Waals surface area contributed by atoms with E-state index in [4.69, 9.17) is 9.47 Å². The second-order valence-electron chi connectivity index (χ2n) is 8.94. The Balaban J connectivity index is 1.22. The van der Waals surface area contributed by atoms with Crippen LogP contribution in [0.15, 0.2) is 73.1 Å². The number of carbonyl (C=O) groups is 1. The van der Waals surface area contributed by atoms with E-state index >= 15 is 0 Å². The first-order chi connectivity index (χ1) is 16.7. The van der Waals surface area contributed by atoms with Gasteiger partial charge in [0.05, 0.1) is 30.9 Å². The summed E-state index contributed by atoms with van der Waals surface area (Å²) in [6, 6.07) is 20.3. The molecule has 1 aromatic heterocycles. The molecule has 0 N–H and O–H groups in total. The molecule has 0 spiro atoms. The lowest BCUT2D eigenvalue weighted by molar-refractivity contribution is -0.0331. The van der Waals surface area contributed by atoms with E-state index in [2.05, 4.69) is 41.4 Å². The van der Waals surface area contributed by atoms with E-state index in [9.17, 15) is 10.1 Å². The maximum absolute atomic E-state index is 13.3. The molecule has 0 radical (unpaired) electrons. The largest absolute Gasteiger partial charge is 0.448 e. The molecule has 3 aliphatic rings. The van der Waals surface area contributed by atoms with Gasteiger partial charge in [0.1, 0.15) is 12.7 Å². The van der Waals surface area contributed by atoms with Crippen LogP contribution in [0.4, 0.5) is 4.79 Å². The van der Waals surface area contributed by atoms with E-state index in [0.717, 1.165) is 11.1 Å². The number of carbonyl (C=O) groups excluding carboxylic acids is 1. The molecule has 0 saturated carbocycles. The summed E-state index contributed by atoms with van der Waals surface area (Å²) in [5, 5.41) is 9.21. The summed E-state index contributed by atoms with van der Waals surface area (Å²) < 4.78 is 11.7. The number of nitriles is 1. The van der Waals surface area contributed by atoms with Crippen LogP contribution in [0.1, 0.15) is 34.6 Å². The number of morpholine rings is 1. The van der Waals surface area contributed by atoms with Gasteiger partial charge in [-0.15, -0.1) is 0 Å². The lowest BCUT2D eigenvalue weighted by atomic mass is 9.90. The average molecular weight is 450 g/mol. The lowest BCUT2D eigenvalue weighted by Gasteiger charge is -2.43. The van der Waals surface area contributed by atoms with E-state index in [0.29, 0.717) is 31.8 Å². The van der Waals surface area contributed by atoms with Crippen LogP contribution in [-0.4, -0.2) is 47.9 Å². The number of pyridine rings is 1. The quantitative estimate of drug-likeness (QED) is 0.576. The fourth-order valence-corrected chi connectivity index (χ4v) is 5.44. The van der Waals surface area contributed by atoms with E-state index in [1.165, 1.54) is 22.3 Å². The topological polar surface area (TPSA) is 75.5 Å². The van der Waals surface area contributed by atoms with Crippen LogP contribution in [0, 0.1) is 11.3 Å². The van der Waals surface area contributed by atoms with Crippen molar-refractivity contribution in [1.29, 1.82) is 5.26 Å². The zero-order valence-electron chi connectivity index (χ0n) is 18.6. The average Bonchev–Trinajstić information content (AvgIpc) is 3.20. The molecular weight excluding hydrogens is 426 g/mol. The van der Waals surface area contributed by atoms with Gasteiger partial charge in [-0.3, -0.25) is 9.88 Å². The first kappa shape index (κ1) is 20.6. The van der Waals surface area contributed by atoms with Gasteiger partial charge in [-0.25, -0.2) is 4.79 Å². The number of nitrogens with zero attached hydrogens (tertiary/aromatic N) is 3. The van der Waals surface area contributed by atoms with Crippen molar-refractivity contribution in [3.63, 3.8) is 0 Å². The number of amides is 1. The summed E-state index contributed by atoms with van der Waals surface area (Å²) in [6.07, 6.45) is 5.71. The molecule has 2 bridgehead atoms. The third-order valence-electron chi connectivity index (χ3n) is 6.98. The van der Waals surface area contributed by atoms with Crippen LogP contribution in [0.3, 0.4) is 0 Å². The summed E-state index contributed by atoms with van der Waals surface area (Å²) >= 11 is 0. The Hall–Kier alpha value is -3.95. The van der Waals surface area contributed by atoms with Crippen molar-refractivity contribution < 1.29 is 14.3 Å². The fourth-order valence-electron chi connectivity index (χ4n) is 5.44. The van der Waals surface area contributed by atoms with Gasteiger partial charge in [-0.1, -0.05) is 54.6 Å². The van der Waals surface area contributed by atoms with E-state index in [1.54, 1.807) is 12.4 Å². The minimum Gasteiger partial charge on any atom is -0.448 e. The van der Waals surface area contributed by atoms with E-state index < -0.39 is 0 Å². The van der Waals surface area contributed by atoms with Crippen molar-refractivity contribution in [2.75, 3.05) is 19.8 Å². The van der Waals surface area contributed by atoms with Gasteiger partial charge in [0.25, 0.3) is 0 Å². The molecule has 3 heterocycles. The Bertz CT molecular complexity index is 1300. The van der Waals surface area contributed by atoms with Gasteiger partial charge in [-0.2, -0.15) is 5.26 Å². The number of aromatic nitrogens is 1. The van der Waals surface area contributed by atoms with Gasteiger partial charge in [0.15, 0.2) is 0 Å². The minimum absolute atomic E-state index is 0.0307. The molecule has 6 nitrogen and oxygen atoms in total. The lowest BCUT2D eigenvalue weighted by Crippen LogP contribution is -2.56. The molecule has 2 atom stereocenters. The predicted octanol–water partition coefficient (Wildman–Crippen LogP) is 4.76. The Morgan fingerprint density at radius 2 is 1.82 bits per heavy atom. The molecule has 2 aromatic carbocycles. The first-order valence-electron chi connectivity index (χ1n) is 11.5. The van der Waals surface area contributed by atoms with Crippen molar-refractivity contribution in [3.05, 3.63) is 95.3 Å². The predicted molar refractivity (Wildman–Crippen MR) is 127 cm³/mol. The van der Waals surface area contributed by atoms with Crippen LogP contribution >= 0.6 is 0 Å². The van der Waals surface area contributed by atoms with Crippen LogP contribution in [0.2, 0.25) is 0 Å². The molecular formula is C28H23N3O3. The summed E-state index contributed by atoms with van der Waals surface area (Å²) in [5.41, 5.74) is 7.36. The van der Waals surface area contributed by atoms with Gasteiger partial charge < -0.3 is 9.47 Å². The van der Waals surface area contributed by atoms with Gasteiger partial charge in [-0.05, 0) is 45.9 Å². The highest BCUT2D eigenvalue weighted by molar-refractivity contribution is 5.79. The molecule has 1 saturated heterocycles. The van der Waals surface area contributed by atoms with E-state index in [1.807, 2.05) is 35.2 Å². The molecule has 168 valence electrons. The van der Waals surface area contributed by atoms with Crippen molar-refractivity contribution >= 4 is 11.7 Å². The highest BCUT2D eigenvalue weighted by atomic mass is 16.6. The van der Waals surface area contributed by atoms with Crippen LogP contribution in [0.25, 0.3) is 16.7 Å². The third-order valence-corrected chi connectivity index (χ3v) is 6.98. The molecule has 1 fully saturated rings. The second kappa shape index (κ2) is 8.44. The standard InChI is InChI=1S/C28H23N3O3/c29-12-18-9-20(14-30-13-18)19-10-21-15-33-16-22(11-19)31(21)28(32)34-17-27-25-7-3-1-5-23(25)24-6-2-4-8-26(24)27/h1-10,13-14,21-22,27H,11,15-17H2. The van der Waals surface area contributed by atoms with Gasteiger partial charge in [0.2, 0.25) is 0 Å². The molecule has 2 aliphatic heterocycles. The first-order valence-corrected chi connectivity index (χ1v) is 11.5. The Kier molecular flexibility index (Phi) is 5.12. The number of fused-ring (bicyclic) bond motifs is 5. The van der Waals surface area contributed by atoms with Gasteiger partial charge >= 0.3 is 6.09 Å². The normalized spacial score (nSPS) is 20.7. The molecule has 3 aromatic rings. The Morgan fingerprint density at radius 1 is 1.09 bits per heavy atom. The minimum atomic E-state index is -0.306. The maximum Gasteiger partial charge on any atom is 0.410 e. The van der Waals surface area contributed by atoms with Crippen molar-refractivity contribution in [1.82, 2.24) is 9.88 Å². The SMILES string of the molecule is N#Cc1cncc(C2=CC3COCC(C2)N3C(=O)OCC2c3ccccc3-c3ccccc32)c1. The molecule has 2 unspecified atom stereocenters. The van der Waals surface area contributed by atoms with Gasteiger partial charge in [0, 0.05) is 18.3 Å². The molecule has 6 rings (SSSR count). The number of benzene rings is 2. The fraction of sp³-hybridized carbons (Fsp3) is 0.250. The monoisotopic (exact) mass is 449 g/mol. The summed E-state index contributed by atoms with van der Waals surface area (Å²) in [7, 11) is 0. The van der Waals surface area contributed by atoms with Crippen LogP contribution in [0.5, 0.6) is 0 Å². The summed E-state index contributed by atoms with van der Waals surface area (Å²) in [4.78, 5) is 19.3. The van der Waals surface area contributed by atoms with Crippen LogP contribution in [-0.2, 0) is 9.47 Å². The highest BCUT2D eigenvalue weighted by Crippen LogP contribution is 2.44. The number of hydrogen-bond acceptors (Lipinski definition) is 5. The zero-order valence-corrected chi connectivity index (χ0v) is 18.6.